The summed E-state index contributed by atoms with van der Waals surface area (Å²) >= 11 is 18.7. The maximum absolute atomic E-state index is 14.1. The topological polar surface area (TPSA) is 86.8 Å². The van der Waals surface area contributed by atoms with Gasteiger partial charge in [-0.1, -0.05) is 84.5 Å². The summed E-state index contributed by atoms with van der Waals surface area (Å²) in [6, 6.07) is 14.5. The number of nitrogens with zero attached hydrogens (tertiary/aromatic N) is 2. The molecule has 0 saturated heterocycles. The Morgan fingerprint density at radius 1 is 0.955 bits per heavy atom. The van der Waals surface area contributed by atoms with E-state index >= 15 is 0 Å². The van der Waals surface area contributed by atoms with Crippen molar-refractivity contribution in [3.05, 3.63) is 98.5 Å². The number of benzene rings is 3. The van der Waals surface area contributed by atoms with Gasteiger partial charge in [0.05, 0.1) is 22.5 Å². The summed E-state index contributed by atoms with van der Waals surface area (Å²) in [4.78, 5) is 28.9. The van der Waals surface area contributed by atoms with Crippen molar-refractivity contribution >= 4 is 62.3 Å². The van der Waals surface area contributed by atoms with Crippen LogP contribution in [0, 0.1) is 0 Å². The zero-order valence-electron chi connectivity index (χ0n) is 23.9. The smallest absolute Gasteiger partial charge is 0.354 e. The van der Waals surface area contributed by atoms with Crippen LogP contribution >= 0.6 is 34.8 Å². The van der Waals surface area contributed by atoms with Gasteiger partial charge in [-0.25, -0.2) is 8.42 Å². The molecule has 0 saturated carbocycles. The van der Waals surface area contributed by atoms with Crippen molar-refractivity contribution in [3.63, 3.8) is 0 Å². The van der Waals surface area contributed by atoms with Crippen LogP contribution in [0.1, 0.15) is 36.5 Å². The van der Waals surface area contributed by atoms with Gasteiger partial charge in [0.1, 0.15) is 12.6 Å². The lowest BCUT2D eigenvalue weighted by molar-refractivity contribution is -0.140. The lowest BCUT2D eigenvalue weighted by Crippen LogP contribution is -2.53. The molecule has 0 aliphatic rings. The van der Waals surface area contributed by atoms with Crippen molar-refractivity contribution in [3.8, 4) is 0 Å². The van der Waals surface area contributed by atoms with Crippen LogP contribution in [-0.4, -0.2) is 50.5 Å². The number of hydrogen-bond acceptors (Lipinski definition) is 4. The van der Waals surface area contributed by atoms with E-state index in [0.717, 1.165) is 18.7 Å². The van der Waals surface area contributed by atoms with Crippen molar-refractivity contribution in [2.24, 2.45) is 0 Å². The number of carbonyl (C=O) groups excluding carboxylic acids is 2. The molecular formula is C30H31Cl3F3N3O4S. The number of unbranched alkanes of at least 4 members (excludes halogenated alkanes) is 1. The van der Waals surface area contributed by atoms with Crippen LogP contribution in [0.3, 0.4) is 0 Å². The van der Waals surface area contributed by atoms with Gasteiger partial charge in [0.15, 0.2) is 0 Å². The van der Waals surface area contributed by atoms with E-state index in [1.54, 1.807) is 42.5 Å². The van der Waals surface area contributed by atoms with Crippen LogP contribution in [-0.2, 0) is 38.8 Å². The molecule has 0 bridgehead atoms. The third-order valence-electron chi connectivity index (χ3n) is 6.68. The molecule has 0 spiro atoms. The average molecular weight is 693 g/mol. The van der Waals surface area contributed by atoms with Gasteiger partial charge < -0.3 is 10.2 Å². The van der Waals surface area contributed by atoms with Gasteiger partial charge in [-0.05, 0) is 47.9 Å². The largest absolute Gasteiger partial charge is 0.416 e. The van der Waals surface area contributed by atoms with E-state index in [4.69, 9.17) is 34.8 Å². The first-order valence-electron chi connectivity index (χ1n) is 13.5. The highest BCUT2D eigenvalue weighted by Crippen LogP contribution is 2.36. The Morgan fingerprint density at radius 2 is 1.64 bits per heavy atom. The molecule has 44 heavy (non-hydrogen) atoms. The molecule has 14 heteroatoms. The summed E-state index contributed by atoms with van der Waals surface area (Å²) in [5.41, 5.74) is -0.565. The van der Waals surface area contributed by atoms with Crippen molar-refractivity contribution in [1.29, 1.82) is 0 Å². The summed E-state index contributed by atoms with van der Waals surface area (Å²) in [5, 5.41) is 3.04. The van der Waals surface area contributed by atoms with Crippen LogP contribution in [0.5, 0.6) is 0 Å². The standard InChI is InChI=1S/C30H31Cl3F3N3O4S/c1-3-4-14-37-29(41)27(15-20-8-6-5-7-9-20)38(18-21-10-12-23(31)17-25(21)33)28(40)19-39(44(2,42)43)26-16-22(30(34,35)36)11-13-24(26)32/h5-13,16-17,27H,3-4,14-15,18-19H2,1-2H3,(H,37,41). The molecule has 0 heterocycles. The van der Waals surface area contributed by atoms with E-state index in [-0.39, 0.29) is 23.0 Å². The molecule has 3 aromatic rings. The zero-order chi connectivity index (χ0) is 32.7. The highest BCUT2D eigenvalue weighted by atomic mass is 35.5. The third kappa shape index (κ3) is 9.76. The minimum absolute atomic E-state index is 0.0545. The van der Waals surface area contributed by atoms with E-state index in [1.165, 1.54) is 11.0 Å². The van der Waals surface area contributed by atoms with Crippen molar-refractivity contribution < 1.29 is 31.2 Å². The second-order valence-electron chi connectivity index (χ2n) is 10.0. The molecule has 0 radical (unpaired) electrons. The van der Waals surface area contributed by atoms with Gasteiger partial charge in [-0.2, -0.15) is 13.2 Å². The maximum atomic E-state index is 14.1. The van der Waals surface area contributed by atoms with Gasteiger partial charge in [0.25, 0.3) is 0 Å². The molecule has 0 aliphatic carbocycles. The van der Waals surface area contributed by atoms with Crippen LogP contribution in [0.4, 0.5) is 18.9 Å². The molecule has 0 aromatic heterocycles. The van der Waals surface area contributed by atoms with E-state index in [0.29, 0.717) is 45.6 Å². The first-order chi connectivity index (χ1) is 20.6. The van der Waals surface area contributed by atoms with E-state index in [9.17, 15) is 31.2 Å². The first kappa shape index (κ1) is 35.5. The zero-order valence-corrected chi connectivity index (χ0v) is 27.0. The fourth-order valence-corrected chi connectivity index (χ4v) is 5.96. The molecule has 0 fully saturated rings. The number of carbonyl (C=O) groups is 2. The summed E-state index contributed by atoms with van der Waals surface area (Å²) < 4.78 is 66.9. The number of anilines is 1. The van der Waals surface area contributed by atoms with Crippen molar-refractivity contribution in [1.82, 2.24) is 10.2 Å². The normalized spacial score (nSPS) is 12.5. The second-order valence-corrected chi connectivity index (χ2v) is 13.2. The van der Waals surface area contributed by atoms with Crippen molar-refractivity contribution in [2.75, 3.05) is 23.7 Å². The van der Waals surface area contributed by atoms with Gasteiger partial charge in [0.2, 0.25) is 21.8 Å². The van der Waals surface area contributed by atoms with Crippen LogP contribution in [0.15, 0.2) is 66.7 Å². The number of hydrogen-bond donors (Lipinski definition) is 1. The lowest BCUT2D eigenvalue weighted by atomic mass is 10.0. The molecule has 2 amide bonds. The van der Waals surface area contributed by atoms with Crippen LogP contribution < -0.4 is 9.62 Å². The molecule has 238 valence electrons. The molecule has 3 rings (SSSR count). The number of alkyl halides is 3. The summed E-state index contributed by atoms with van der Waals surface area (Å²) in [6.45, 7) is 1.10. The monoisotopic (exact) mass is 691 g/mol. The number of nitrogens with one attached hydrogen (secondary N) is 1. The highest BCUT2D eigenvalue weighted by molar-refractivity contribution is 7.92. The minimum atomic E-state index is -4.80. The first-order valence-corrected chi connectivity index (χ1v) is 16.5. The molecule has 7 nitrogen and oxygen atoms in total. The Bertz CT molecular complexity index is 1570. The fraction of sp³-hybridized carbons (Fsp3) is 0.333. The highest BCUT2D eigenvalue weighted by Gasteiger charge is 2.36. The second kappa shape index (κ2) is 15.3. The molecule has 1 unspecified atom stereocenters. The fourth-order valence-electron chi connectivity index (χ4n) is 4.37. The number of rotatable bonds is 13. The predicted molar refractivity (Wildman–Crippen MR) is 168 cm³/mol. The predicted octanol–water partition coefficient (Wildman–Crippen LogP) is 6.99. The SMILES string of the molecule is CCCCNC(=O)C(Cc1ccccc1)N(Cc1ccc(Cl)cc1Cl)C(=O)CN(c1cc(C(F)(F)F)ccc1Cl)S(C)(=O)=O. The van der Waals surface area contributed by atoms with Gasteiger partial charge in [-0.3, -0.25) is 13.9 Å². The molecule has 3 aromatic carbocycles. The summed E-state index contributed by atoms with van der Waals surface area (Å²) in [5.74, 6) is -1.37. The van der Waals surface area contributed by atoms with Gasteiger partial charge >= 0.3 is 6.18 Å². The lowest BCUT2D eigenvalue weighted by Gasteiger charge is -2.34. The van der Waals surface area contributed by atoms with Crippen molar-refractivity contribution in [2.45, 2.75) is 44.9 Å². The van der Waals surface area contributed by atoms with Crippen LogP contribution in [0.25, 0.3) is 0 Å². The molecule has 0 aliphatic heterocycles. The molecule has 1 atom stereocenters. The van der Waals surface area contributed by atoms with Crippen LogP contribution in [0.2, 0.25) is 15.1 Å². The number of amides is 2. The Balaban J connectivity index is 2.12. The Labute approximate surface area is 269 Å². The maximum Gasteiger partial charge on any atom is 0.416 e. The van der Waals surface area contributed by atoms with E-state index in [2.05, 4.69) is 5.32 Å². The summed E-state index contributed by atoms with van der Waals surface area (Å²) in [6.07, 6.45) is -2.53. The van der Waals surface area contributed by atoms with Gasteiger partial charge in [-0.15, -0.1) is 0 Å². The molecule has 1 N–H and O–H groups in total. The number of halogens is 6. The van der Waals surface area contributed by atoms with E-state index in [1.807, 2.05) is 6.92 Å². The Hall–Kier alpha value is -2.99. The molecular weight excluding hydrogens is 662 g/mol. The summed E-state index contributed by atoms with van der Waals surface area (Å²) in [7, 11) is -4.35. The minimum Gasteiger partial charge on any atom is -0.354 e. The Morgan fingerprint density at radius 3 is 2.23 bits per heavy atom. The Kier molecular flexibility index (Phi) is 12.4. The number of sulfonamides is 1. The average Bonchev–Trinajstić information content (AvgIpc) is 2.94. The third-order valence-corrected chi connectivity index (χ3v) is 8.71. The van der Waals surface area contributed by atoms with Gasteiger partial charge in [0, 0.05) is 29.6 Å². The van der Waals surface area contributed by atoms with E-state index < -0.39 is 51.9 Å². The quantitative estimate of drug-likeness (QED) is 0.196.